The van der Waals surface area contributed by atoms with Crippen molar-refractivity contribution < 1.29 is 13.9 Å². The second-order valence-electron chi connectivity index (χ2n) is 5.83. The molecule has 1 unspecified atom stereocenters. The summed E-state index contributed by atoms with van der Waals surface area (Å²) >= 11 is 1.43. The van der Waals surface area contributed by atoms with E-state index < -0.39 is 6.17 Å². The molecule has 4 nitrogen and oxygen atoms in total. The number of carbonyl (C=O) groups excluding carboxylic acids is 1. The van der Waals surface area contributed by atoms with Gasteiger partial charge in [0.25, 0.3) is 5.91 Å². The van der Waals surface area contributed by atoms with Gasteiger partial charge in [-0.15, -0.1) is 11.3 Å². The van der Waals surface area contributed by atoms with Crippen LogP contribution in [0.3, 0.4) is 0 Å². The molecule has 0 bridgehead atoms. The first kappa shape index (κ1) is 17.4. The standard InChI is InChI=1S/C19H19FN2O2S/c1-12-6-8-17(13(2)22-12)19(23)21-11-16-7-9-18(25-16)24-15-5-3-4-14(20)10-15/h3-9,14H,10-11H2,1-2H3,(H,21,23). The zero-order chi connectivity index (χ0) is 17.8. The molecule has 0 spiro atoms. The van der Waals surface area contributed by atoms with Crippen molar-refractivity contribution >= 4 is 17.2 Å². The third-order valence-corrected chi connectivity index (χ3v) is 4.72. The van der Waals surface area contributed by atoms with Crippen molar-refractivity contribution in [3.8, 4) is 5.06 Å². The summed E-state index contributed by atoms with van der Waals surface area (Å²) in [6, 6.07) is 7.33. The molecule has 3 rings (SSSR count). The Bertz CT molecular complexity index is 842. The van der Waals surface area contributed by atoms with Gasteiger partial charge in [-0.05, 0) is 44.2 Å². The fourth-order valence-electron chi connectivity index (χ4n) is 2.51. The molecule has 1 aliphatic rings. The van der Waals surface area contributed by atoms with Crippen LogP contribution in [0.2, 0.25) is 0 Å². The Morgan fingerprint density at radius 2 is 2.20 bits per heavy atom. The second-order valence-corrected chi connectivity index (χ2v) is 6.96. The molecule has 2 aromatic rings. The Kier molecular flexibility index (Phi) is 5.28. The van der Waals surface area contributed by atoms with E-state index in [2.05, 4.69) is 10.3 Å². The topological polar surface area (TPSA) is 51.2 Å². The van der Waals surface area contributed by atoms with Crippen LogP contribution in [0.15, 0.2) is 48.3 Å². The lowest BCUT2D eigenvalue weighted by molar-refractivity contribution is 0.0950. The van der Waals surface area contributed by atoms with Crippen molar-refractivity contribution in [2.24, 2.45) is 0 Å². The number of nitrogens with zero attached hydrogens (tertiary/aromatic N) is 1. The third-order valence-electron chi connectivity index (χ3n) is 3.76. The number of alkyl halides is 1. The van der Waals surface area contributed by atoms with Crippen LogP contribution in [0, 0.1) is 13.8 Å². The van der Waals surface area contributed by atoms with Gasteiger partial charge in [0, 0.05) is 17.0 Å². The molecule has 0 saturated heterocycles. The van der Waals surface area contributed by atoms with Crippen molar-refractivity contribution in [2.75, 3.05) is 0 Å². The number of aromatic nitrogens is 1. The molecular weight excluding hydrogens is 339 g/mol. The first-order valence-corrected chi connectivity index (χ1v) is 8.83. The van der Waals surface area contributed by atoms with Gasteiger partial charge in [-0.2, -0.15) is 0 Å². The van der Waals surface area contributed by atoms with Crippen LogP contribution in [-0.2, 0) is 6.54 Å². The highest BCUT2D eigenvalue weighted by atomic mass is 32.1. The van der Waals surface area contributed by atoms with E-state index in [0.29, 0.717) is 28.6 Å². The summed E-state index contributed by atoms with van der Waals surface area (Å²) in [5.74, 6) is 0.454. The van der Waals surface area contributed by atoms with Gasteiger partial charge in [0.05, 0.1) is 17.8 Å². The van der Waals surface area contributed by atoms with E-state index in [-0.39, 0.29) is 12.3 Å². The molecular formula is C19H19FN2O2S. The van der Waals surface area contributed by atoms with Gasteiger partial charge in [-0.25, -0.2) is 4.39 Å². The van der Waals surface area contributed by atoms with Crippen LogP contribution in [0.4, 0.5) is 4.39 Å². The number of hydrogen-bond donors (Lipinski definition) is 1. The van der Waals surface area contributed by atoms with Crippen LogP contribution < -0.4 is 10.1 Å². The predicted molar refractivity (Wildman–Crippen MR) is 96.6 cm³/mol. The molecule has 0 radical (unpaired) electrons. The lowest BCUT2D eigenvalue weighted by Gasteiger charge is -2.12. The Labute approximate surface area is 150 Å². The van der Waals surface area contributed by atoms with Gasteiger partial charge in [-0.1, -0.05) is 12.2 Å². The summed E-state index contributed by atoms with van der Waals surface area (Å²) in [5.41, 5.74) is 2.18. The number of pyridine rings is 1. The van der Waals surface area contributed by atoms with Crippen molar-refractivity contribution in [2.45, 2.75) is 33.0 Å². The van der Waals surface area contributed by atoms with E-state index in [9.17, 15) is 9.18 Å². The average molecular weight is 358 g/mol. The SMILES string of the molecule is Cc1ccc(C(=O)NCc2ccc(OC3=CC=CC(F)C3)s2)c(C)n1. The largest absolute Gasteiger partial charge is 0.451 e. The van der Waals surface area contributed by atoms with E-state index in [1.807, 2.05) is 32.0 Å². The van der Waals surface area contributed by atoms with Crippen LogP contribution in [0.25, 0.3) is 0 Å². The number of rotatable bonds is 5. The first-order valence-electron chi connectivity index (χ1n) is 8.02. The normalized spacial score (nSPS) is 16.4. The van der Waals surface area contributed by atoms with Crippen molar-refractivity contribution in [1.82, 2.24) is 10.3 Å². The molecule has 25 heavy (non-hydrogen) atoms. The predicted octanol–water partition coefficient (Wildman–Crippen LogP) is 4.25. The van der Waals surface area contributed by atoms with E-state index in [1.165, 1.54) is 17.4 Å². The third kappa shape index (κ3) is 4.54. The number of amides is 1. The lowest BCUT2D eigenvalue weighted by Crippen LogP contribution is -2.23. The molecule has 0 fully saturated rings. The van der Waals surface area contributed by atoms with Crippen molar-refractivity contribution in [3.63, 3.8) is 0 Å². The number of carbonyl (C=O) groups is 1. The highest BCUT2D eigenvalue weighted by Gasteiger charge is 2.14. The van der Waals surface area contributed by atoms with E-state index >= 15 is 0 Å². The molecule has 130 valence electrons. The summed E-state index contributed by atoms with van der Waals surface area (Å²) in [6.07, 6.45) is 4.19. The molecule has 1 N–H and O–H groups in total. The molecule has 0 aromatic carbocycles. The minimum atomic E-state index is -0.995. The van der Waals surface area contributed by atoms with Crippen molar-refractivity contribution in [3.05, 3.63) is 70.1 Å². The van der Waals surface area contributed by atoms with Crippen molar-refractivity contribution in [1.29, 1.82) is 0 Å². The second kappa shape index (κ2) is 7.61. The fraction of sp³-hybridized carbons (Fsp3) is 0.263. The minimum absolute atomic E-state index is 0.152. The van der Waals surface area contributed by atoms with Gasteiger partial charge < -0.3 is 10.1 Å². The van der Waals surface area contributed by atoms with E-state index in [4.69, 9.17) is 4.74 Å². The fourth-order valence-corrected chi connectivity index (χ4v) is 3.34. The zero-order valence-corrected chi connectivity index (χ0v) is 14.9. The maximum Gasteiger partial charge on any atom is 0.253 e. The highest BCUT2D eigenvalue weighted by molar-refractivity contribution is 7.13. The molecule has 0 saturated carbocycles. The molecule has 1 amide bonds. The maximum absolute atomic E-state index is 13.3. The molecule has 6 heteroatoms. The van der Waals surface area contributed by atoms with Gasteiger partial charge in [-0.3, -0.25) is 9.78 Å². The number of ether oxygens (including phenoxy) is 1. The summed E-state index contributed by atoms with van der Waals surface area (Å²) in [7, 11) is 0. The summed E-state index contributed by atoms with van der Waals surface area (Å²) < 4.78 is 19.0. The number of hydrogen-bond acceptors (Lipinski definition) is 4. The smallest absolute Gasteiger partial charge is 0.253 e. The molecule has 1 atom stereocenters. The Morgan fingerprint density at radius 1 is 1.36 bits per heavy atom. The number of thiophene rings is 1. The van der Waals surface area contributed by atoms with Gasteiger partial charge >= 0.3 is 0 Å². The van der Waals surface area contributed by atoms with E-state index in [1.54, 1.807) is 18.2 Å². The van der Waals surface area contributed by atoms with Crippen LogP contribution in [-0.4, -0.2) is 17.1 Å². The number of nitrogens with one attached hydrogen (secondary N) is 1. The molecule has 2 aromatic heterocycles. The van der Waals surface area contributed by atoms with Gasteiger partial charge in [0.15, 0.2) is 5.06 Å². The summed E-state index contributed by atoms with van der Waals surface area (Å²) in [4.78, 5) is 17.5. The summed E-state index contributed by atoms with van der Waals surface area (Å²) in [6.45, 7) is 4.12. The van der Waals surface area contributed by atoms with Crippen LogP contribution >= 0.6 is 11.3 Å². The van der Waals surface area contributed by atoms with Crippen LogP contribution in [0.5, 0.6) is 5.06 Å². The zero-order valence-electron chi connectivity index (χ0n) is 14.1. The monoisotopic (exact) mass is 358 g/mol. The van der Waals surface area contributed by atoms with E-state index in [0.717, 1.165) is 10.6 Å². The first-order chi connectivity index (χ1) is 12.0. The van der Waals surface area contributed by atoms with Gasteiger partial charge in [0.2, 0.25) is 0 Å². The highest BCUT2D eigenvalue weighted by Crippen LogP contribution is 2.28. The lowest BCUT2D eigenvalue weighted by atomic mass is 10.1. The quantitative estimate of drug-likeness (QED) is 0.869. The molecule has 0 aliphatic heterocycles. The number of aryl methyl sites for hydroxylation is 2. The molecule has 2 heterocycles. The van der Waals surface area contributed by atoms with Gasteiger partial charge in [0.1, 0.15) is 11.9 Å². The maximum atomic E-state index is 13.3. The Morgan fingerprint density at radius 3 is 2.96 bits per heavy atom. The Balaban J connectivity index is 1.57. The Hall–Kier alpha value is -2.47. The molecule has 1 aliphatic carbocycles. The minimum Gasteiger partial charge on any atom is -0.451 e. The number of allylic oxidation sites excluding steroid dienone is 4. The average Bonchev–Trinajstić information content (AvgIpc) is 3.00. The summed E-state index contributed by atoms with van der Waals surface area (Å²) in [5, 5.41) is 3.58. The van der Waals surface area contributed by atoms with Crippen LogP contribution in [0.1, 0.15) is 33.0 Å². The number of halogens is 1.